The van der Waals surface area contributed by atoms with Crippen molar-refractivity contribution >= 4 is 8.32 Å². The lowest BCUT2D eigenvalue weighted by Crippen LogP contribution is -2.29. The largest absolute Gasteiger partial charge is 0.418 e. The van der Waals surface area contributed by atoms with Crippen LogP contribution in [0, 0.1) is 0 Å². The van der Waals surface area contributed by atoms with E-state index in [0.29, 0.717) is 0 Å². The van der Waals surface area contributed by atoms with Crippen molar-refractivity contribution in [3.63, 3.8) is 0 Å². The fourth-order valence-corrected chi connectivity index (χ4v) is 4.02. The maximum absolute atomic E-state index is 11.8. The monoisotopic (exact) mass is 248 g/mol. The molecule has 98 valence electrons. The lowest BCUT2D eigenvalue weighted by Gasteiger charge is -2.21. The maximum atomic E-state index is 11.8. The summed E-state index contributed by atoms with van der Waals surface area (Å²) in [7, 11) is -1.33. The summed E-state index contributed by atoms with van der Waals surface area (Å²) in [6.45, 7) is 7.41. The maximum Gasteiger partial charge on any atom is 0.186 e. The zero-order valence-corrected chi connectivity index (χ0v) is 12.4. The Kier molecular flexibility index (Phi) is 10.3. The molecule has 0 heterocycles. The number of hydrogen-bond donors (Lipinski definition) is 0. The summed E-state index contributed by atoms with van der Waals surface area (Å²) in [4.78, 5) is 0. The van der Waals surface area contributed by atoms with E-state index in [1.54, 1.807) is 0 Å². The van der Waals surface area contributed by atoms with Gasteiger partial charge in [0.2, 0.25) is 0 Å². The highest BCUT2D eigenvalue weighted by Gasteiger charge is 2.20. The topological polar surface area (TPSA) is 9.23 Å². The van der Waals surface area contributed by atoms with E-state index in [1.165, 1.54) is 38.1 Å². The Morgan fingerprint density at radius 2 is 1.38 bits per heavy atom. The van der Waals surface area contributed by atoms with Gasteiger partial charge in [0, 0.05) is 6.61 Å². The average molecular weight is 248 g/mol. The molecule has 0 aliphatic rings. The molecule has 0 N–H and O–H groups in total. The SMILES string of the molecule is CCO[Si](C)(C)CCCCCCCCCF. The lowest BCUT2D eigenvalue weighted by molar-refractivity contribution is 0.327. The third-order valence-corrected chi connectivity index (χ3v) is 5.58. The third-order valence-electron chi connectivity index (χ3n) is 2.95. The first-order valence-electron chi connectivity index (χ1n) is 6.82. The van der Waals surface area contributed by atoms with E-state index in [2.05, 4.69) is 20.0 Å². The van der Waals surface area contributed by atoms with Crippen molar-refractivity contribution in [2.75, 3.05) is 13.3 Å². The fraction of sp³-hybridized carbons (Fsp3) is 1.00. The first-order chi connectivity index (χ1) is 7.62. The van der Waals surface area contributed by atoms with E-state index in [4.69, 9.17) is 4.43 Å². The van der Waals surface area contributed by atoms with Crippen LogP contribution in [-0.4, -0.2) is 21.6 Å². The molecule has 0 aliphatic heterocycles. The Bertz CT molecular complexity index is 151. The average Bonchev–Trinajstić information content (AvgIpc) is 2.22. The Balaban J connectivity index is 3.20. The number of rotatable bonds is 11. The van der Waals surface area contributed by atoms with E-state index in [-0.39, 0.29) is 6.67 Å². The van der Waals surface area contributed by atoms with E-state index < -0.39 is 8.32 Å². The van der Waals surface area contributed by atoms with Crippen molar-refractivity contribution in [1.82, 2.24) is 0 Å². The molecule has 0 fully saturated rings. The molecule has 0 saturated heterocycles. The molecule has 1 nitrogen and oxygen atoms in total. The summed E-state index contributed by atoms with van der Waals surface area (Å²) >= 11 is 0. The summed E-state index contributed by atoms with van der Waals surface area (Å²) in [5.74, 6) is 0. The number of alkyl halides is 1. The van der Waals surface area contributed by atoms with Crippen molar-refractivity contribution in [2.24, 2.45) is 0 Å². The van der Waals surface area contributed by atoms with Gasteiger partial charge in [-0.05, 0) is 32.5 Å². The van der Waals surface area contributed by atoms with Gasteiger partial charge in [-0.3, -0.25) is 4.39 Å². The van der Waals surface area contributed by atoms with Crippen LogP contribution in [0.25, 0.3) is 0 Å². The second-order valence-electron chi connectivity index (χ2n) is 5.11. The van der Waals surface area contributed by atoms with Crippen LogP contribution in [0.3, 0.4) is 0 Å². The van der Waals surface area contributed by atoms with Gasteiger partial charge in [-0.1, -0.05) is 38.5 Å². The highest BCUT2D eigenvalue weighted by atomic mass is 28.4. The molecule has 0 aromatic rings. The van der Waals surface area contributed by atoms with E-state index in [1.807, 2.05) is 0 Å². The molecule has 0 radical (unpaired) electrons. The molecule has 3 heteroatoms. The van der Waals surface area contributed by atoms with Gasteiger partial charge in [-0.25, -0.2) is 0 Å². The number of hydrogen-bond acceptors (Lipinski definition) is 1. The van der Waals surface area contributed by atoms with Crippen LogP contribution in [0.1, 0.15) is 51.9 Å². The van der Waals surface area contributed by atoms with Crippen LogP contribution in [0.2, 0.25) is 19.1 Å². The molecule has 0 rings (SSSR count). The minimum atomic E-state index is -1.33. The van der Waals surface area contributed by atoms with E-state index in [0.717, 1.165) is 19.4 Å². The zero-order chi connectivity index (χ0) is 12.3. The molecule has 0 saturated carbocycles. The van der Waals surface area contributed by atoms with Crippen LogP contribution in [0.4, 0.5) is 4.39 Å². The minimum absolute atomic E-state index is 0.145. The Hall–Kier alpha value is 0.107. The highest BCUT2D eigenvalue weighted by Crippen LogP contribution is 2.17. The summed E-state index contributed by atoms with van der Waals surface area (Å²) in [6.07, 6.45) is 8.23. The van der Waals surface area contributed by atoms with Gasteiger partial charge in [0.05, 0.1) is 6.67 Å². The molecule has 0 aliphatic carbocycles. The van der Waals surface area contributed by atoms with E-state index >= 15 is 0 Å². The standard InChI is InChI=1S/C13H29FOSi/c1-4-15-16(2,3)13-11-9-7-5-6-8-10-12-14/h4-13H2,1-3H3. The molecular weight excluding hydrogens is 219 g/mol. The molecule has 0 aromatic heterocycles. The molecular formula is C13H29FOSi. The van der Waals surface area contributed by atoms with Crippen molar-refractivity contribution < 1.29 is 8.82 Å². The van der Waals surface area contributed by atoms with Crippen LogP contribution < -0.4 is 0 Å². The lowest BCUT2D eigenvalue weighted by atomic mass is 10.1. The molecule has 0 unspecified atom stereocenters. The predicted molar refractivity (Wildman–Crippen MR) is 72.2 cm³/mol. The van der Waals surface area contributed by atoms with Gasteiger partial charge in [0.15, 0.2) is 8.32 Å². The summed E-state index contributed by atoms with van der Waals surface area (Å²) in [5, 5.41) is 0. The normalized spacial score (nSPS) is 12.0. The van der Waals surface area contributed by atoms with Gasteiger partial charge in [-0.15, -0.1) is 0 Å². The zero-order valence-electron chi connectivity index (χ0n) is 11.4. The number of halogens is 1. The van der Waals surface area contributed by atoms with Crippen molar-refractivity contribution in [3.05, 3.63) is 0 Å². The fourth-order valence-electron chi connectivity index (χ4n) is 1.99. The Morgan fingerprint density at radius 1 is 0.875 bits per heavy atom. The van der Waals surface area contributed by atoms with Crippen LogP contribution >= 0.6 is 0 Å². The summed E-state index contributed by atoms with van der Waals surface area (Å²) < 4.78 is 17.6. The molecule has 0 aromatic carbocycles. The smallest absolute Gasteiger partial charge is 0.186 e. The van der Waals surface area contributed by atoms with Crippen molar-refractivity contribution in [3.8, 4) is 0 Å². The van der Waals surface area contributed by atoms with Gasteiger partial charge in [0.1, 0.15) is 0 Å². The predicted octanol–water partition coefficient (Wildman–Crippen LogP) is 4.93. The van der Waals surface area contributed by atoms with Gasteiger partial charge < -0.3 is 4.43 Å². The van der Waals surface area contributed by atoms with Crippen LogP contribution in [0.15, 0.2) is 0 Å². The Labute approximate surface area is 102 Å². The van der Waals surface area contributed by atoms with Crippen molar-refractivity contribution in [1.29, 1.82) is 0 Å². The second-order valence-corrected chi connectivity index (χ2v) is 9.41. The van der Waals surface area contributed by atoms with Crippen molar-refractivity contribution in [2.45, 2.75) is 71.0 Å². The minimum Gasteiger partial charge on any atom is -0.418 e. The molecule has 0 atom stereocenters. The first-order valence-corrected chi connectivity index (χ1v) is 9.94. The first kappa shape index (κ1) is 16.1. The van der Waals surface area contributed by atoms with Gasteiger partial charge >= 0.3 is 0 Å². The van der Waals surface area contributed by atoms with Gasteiger partial charge in [0.25, 0.3) is 0 Å². The highest BCUT2D eigenvalue weighted by molar-refractivity contribution is 6.71. The Morgan fingerprint density at radius 3 is 1.88 bits per heavy atom. The number of unbranched alkanes of at least 4 members (excludes halogenated alkanes) is 6. The van der Waals surface area contributed by atoms with Crippen LogP contribution in [0.5, 0.6) is 0 Å². The summed E-state index contributed by atoms with van der Waals surface area (Å²) in [6, 6.07) is 1.28. The quantitative estimate of drug-likeness (QED) is 0.372. The molecule has 0 amide bonds. The van der Waals surface area contributed by atoms with E-state index in [9.17, 15) is 4.39 Å². The second kappa shape index (κ2) is 10.3. The molecule has 16 heavy (non-hydrogen) atoms. The van der Waals surface area contributed by atoms with Crippen LogP contribution in [-0.2, 0) is 4.43 Å². The van der Waals surface area contributed by atoms with Gasteiger partial charge in [-0.2, -0.15) is 0 Å². The molecule has 0 spiro atoms. The summed E-state index contributed by atoms with van der Waals surface area (Å²) in [5.41, 5.74) is 0. The third kappa shape index (κ3) is 10.6. The molecule has 0 bridgehead atoms.